The van der Waals surface area contributed by atoms with E-state index in [-0.39, 0.29) is 5.91 Å². The van der Waals surface area contributed by atoms with Crippen LogP contribution in [0.4, 0.5) is 5.69 Å². The maximum atomic E-state index is 12.1. The van der Waals surface area contributed by atoms with Crippen LogP contribution in [0.2, 0.25) is 0 Å². The zero-order chi connectivity index (χ0) is 14.7. The maximum Gasteiger partial charge on any atom is 0.291 e. The molecule has 2 aromatic heterocycles. The number of hydrogen-bond donors (Lipinski definition) is 1. The summed E-state index contributed by atoms with van der Waals surface area (Å²) < 4.78 is 1.67. The van der Waals surface area contributed by atoms with Crippen molar-refractivity contribution in [1.29, 1.82) is 0 Å². The second-order valence-electron chi connectivity index (χ2n) is 4.52. The Labute approximate surface area is 121 Å². The summed E-state index contributed by atoms with van der Waals surface area (Å²) in [7, 11) is 1.78. The highest BCUT2D eigenvalue weighted by Gasteiger charge is 2.11. The van der Waals surface area contributed by atoms with Crippen LogP contribution in [0, 0.1) is 0 Å². The van der Waals surface area contributed by atoms with Crippen molar-refractivity contribution >= 4 is 11.6 Å². The Morgan fingerprint density at radius 3 is 2.71 bits per heavy atom. The molecule has 6 nitrogen and oxygen atoms in total. The van der Waals surface area contributed by atoms with Gasteiger partial charge < -0.3 is 9.88 Å². The highest BCUT2D eigenvalue weighted by Crippen LogP contribution is 2.21. The molecule has 1 aromatic carbocycles. The Morgan fingerprint density at radius 1 is 1.19 bits per heavy atom. The van der Waals surface area contributed by atoms with Gasteiger partial charge in [0.25, 0.3) is 5.91 Å². The summed E-state index contributed by atoms with van der Waals surface area (Å²) in [5, 5.41) is 2.83. The summed E-state index contributed by atoms with van der Waals surface area (Å²) in [5.41, 5.74) is 2.53. The first-order valence-corrected chi connectivity index (χ1v) is 6.38. The molecule has 104 valence electrons. The average Bonchev–Trinajstić information content (AvgIpc) is 2.95. The fourth-order valence-electron chi connectivity index (χ4n) is 2.00. The first-order chi connectivity index (χ1) is 10.2. The lowest BCUT2D eigenvalue weighted by Gasteiger charge is -2.07. The van der Waals surface area contributed by atoms with Gasteiger partial charge in [0.1, 0.15) is 6.33 Å². The van der Waals surface area contributed by atoms with Crippen LogP contribution in [0.15, 0.2) is 55.4 Å². The number of imidazole rings is 1. The van der Waals surface area contributed by atoms with E-state index in [1.54, 1.807) is 36.4 Å². The minimum atomic E-state index is -0.246. The number of hydrogen-bond acceptors (Lipinski definition) is 4. The van der Waals surface area contributed by atoms with Crippen LogP contribution in [0.5, 0.6) is 0 Å². The van der Waals surface area contributed by atoms with Gasteiger partial charge in [-0.2, -0.15) is 0 Å². The first kappa shape index (κ1) is 13.0. The third kappa shape index (κ3) is 2.79. The van der Waals surface area contributed by atoms with Crippen molar-refractivity contribution in [3.63, 3.8) is 0 Å². The van der Waals surface area contributed by atoms with Crippen molar-refractivity contribution in [2.24, 2.45) is 7.05 Å². The molecule has 0 saturated heterocycles. The lowest BCUT2D eigenvalue weighted by atomic mass is 10.1. The molecular weight excluding hydrogens is 266 g/mol. The molecule has 0 atom stereocenters. The van der Waals surface area contributed by atoms with Crippen LogP contribution >= 0.6 is 0 Å². The monoisotopic (exact) mass is 279 g/mol. The van der Waals surface area contributed by atoms with Gasteiger partial charge in [-0.15, -0.1) is 0 Å². The molecule has 0 aliphatic rings. The topological polar surface area (TPSA) is 72.7 Å². The predicted octanol–water partition coefficient (Wildman–Crippen LogP) is 2.13. The lowest BCUT2D eigenvalue weighted by Crippen LogP contribution is -2.16. The van der Waals surface area contributed by atoms with Gasteiger partial charge in [0.2, 0.25) is 0 Å². The number of aromatic nitrogens is 4. The van der Waals surface area contributed by atoms with Crippen molar-refractivity contribution in [3.05, 3.63) is 61.2 Å². The third-order valence-electron chi connectivity index (χ3n) is 3.04. The van der Waals surface area contributed by atoms with E-state index < -0.39 is 0 Å². The molecule has 0 unspecified atom stereocenters. The number of amides is 1. The summed E-state index contributed by atoms with van der Waals surface area (Å²) in [6.45, 7) is 0. The number of carbonyl (C=O) groups excluding carboxylic acids is 1. The second-order valence-corrected chi connectivity index (χ2v) is 4.52. The number of carbonyl (C=O) groups is 1. The molecule has 0 spiro atoms. The van der Waals surface area contributed by atoms with E-state index in [0.29, 0.717) is 11.5 Å². The number of rotatable bonds is 3. The summed E-state index contributed by atoms with van der Waals surface area (Å²) in [5.74, 6) is 0.118. The second kappa shape index (κ2) is 5.54. The van der Waals surface area contributed by atoms with Crippen molar-refractivity contribution in [3.8, 4) is 11.1 Å². The summed E-state index contributed by atoms with van der Waals surface area (Å²) in [4.78, 5) is 24.1. The minimum absolute atomic E-state index is 0.246. The Morgan fingerprint density at radius 2 is 2.00 bits per heavy atom. The zero-order valence-corrected chi connectivity index (χ0v) is 11.4. The molecule has 1 N–H and O–H groups in total. The van der Waals surface area contributed by atoms with Crippen LogP contribution in [0.25, 0.3) is 11.1 Å². The van der Waals surface area contributed by atoms with Gasteiger partial charge in [-0.1, -0.05) is 12.1 Å². The smallest absolute Gasteiger partial charge is 0.291 e. The van der Waals surface area contributed by atoms with Gasteiger partial charge in [0, 0.05) is 43.1 Å². The highest BCUT2D eigenvalue weighted by atomic mass is 16.2. The van der Waals surface area contributed by atoms with Crippen molar-refractivity contribution in [1.82, 2.24) is 19.5 Å². The largest absolute Gasteiger partial charge is 0.330 e. The minimum Gasteiger partial charge on any atom is -0.330 e. The van der Waals surface area contributed by atoms with E-state index in [1.807, 2.05) is 24.3 Å². The Kier molecular flexibility index (Phi) is 3.42. The Balaban J connectivity index is 1.84. The average molecular weight is 279 g/mol. The SMILES string of the molecule is Cn1ccnc1C(=O)Nc1cccc(-c2cncnc2)c1. The molecule has 3 aromatic rings. The third-order valence-corrected chi connectivity index (χ3v) is 3.04. The molecule has 0 saturated carbocycles. The van der Waals surface area contributed by atoms with E-state index in [4.69, 9.17) is 0 Å². The van der Waals surface area contributed by atoms with Crippen molar-refractivity contribution in [2.45, 2.75) is 0 Å². The Bertz CT molecular complexity index is 766. The van der Waals surface area contributed by atoms with E-state index in [1.165, 1.54) is 6.33 Å². The van der Waals surface area contributed by atoms with Crippen LogP contribution in [-0.2, 0) is 7.05 Å². The molecular formula is C15H13N5O. The summed E-state index contributed by atoms with van der Waals surface area (Å²) in [6.07, 6.45) is 8.26. The number of aryl methyl sites for hydroxylation is 1. The lowest BCUT2D eigenvalue weighted by molar-refractivity contribution is 0.101. The fraction of sp³-hybridized carbons (Fsp3) is 0.0667. The van der Waals surface area contributed by atoms with Gasteiger partial charge in [-0.25, -0.2) is 15.0 Å². The van der Waals surface area contributed by atoms with Gasteiger partial charge >= 0.3 is 0 Å². The number of nitrogens with one attached hydrogen (secondary N) is 1. The number of anilines is 1. The number of benzene rings is 1. The van der Waals surface area contributed by atoms with Crippen molar-refractivity contribution in [2.75, 3.05) is 5.32 Å². The summed E-state index contributed by atoms with van der Waals surface area (Å²) in [6, 6.07) is 7.51. The van der Waals surface area contributed by atoms with Crippen molar-refractivity contribution < 1.29 is 4.79 Å². The van der Waals surface area contributed by atoms with Crippen LogP contribution in [0.1, 0.15) is 10.6 Å². The normalized spacial score (nSPS) is 10.3. The van der Waals surface area contributed by atoms with Gasteiger partial charge in [-0.3, -0.25) is 4.79 Å². The van der Waals surface area contributed by atoms with E-state index in [0.717, 1.165) is 11.1 Å². The molecule has 1 amide bonds. The van der Waals surface area contributed by atoms with Gasteiger partial charge in [0.15, 0.2) is 5.82 Å². The summed E-state index contributed by atoms with van der Waals surface area (Å²) >= 11 is 0. The molecule has 0 aliphatic carbocycles. The quantitative estimate of drug-likeness (QED) is 0.797. The van der Waals surface area contributed by atoms with Crippen LogP contribution in [0.3, 0.4) is 0 Å². The first-order valence-electron chi connectivity index (χ1n) is 6.38. The molecule has 0 fully saturated rings. The van der Waals surface area contributed by atoms with E-state index >= 15 is 0 Å². The molecule has 0 radical (unpaired) electrons. The van der Waals surface area contributed by atoms with Crippen LogP contribution < -0.4 is 5.32 Å². The highest BCUT2D eigenvalue weighted by molar-refractivity contribution is 6.02. The molecule has 21 heavy (non-hydrogen) atoms. The molecule has 6 heteroatoms. The van der Waals surface area contributed by atoms with E-state index in [2.05, 4.69) is 20.3 Å². The Hall–Kier alpha value is -3.02. The van der Waals surface area contributed by atoms with Gasteiger partial charge in [0.05, 0.1) is 0 Å². The van der Waals surface area contributed by atoms with Crippen LogP contribution in [-0.4, -0.2) is 25.4 Å². The van der Waals surface area contributed by atoms with E-state index in [9.17, 15) is 4.79 Å². The predicted molar refractivity (Wildman–Crippen MR) is 78.6 cm³/mol. The maximum absolute atomic E-state index is 12.1. The molecule has 3 rings (SSSR count). The number of nitrogens with zero attached hydrogens (tertiary/aromatic N) is 4. The molecule has 2 heterocycles. The fourth-order valence-corrected chi connectivity index (χ4v) is 2.00. The standard InChI is InChI=1S/C15H13N5O/c1-20-6-5-18-14(20)15(21)19-13-4-2-3-11(7-13)12-8-16-10-17-9-12/h2-10H,1H3,(H,19,21). The molecule has 0 aliphatic heterocycles. The molecule has 0 bridgehead atoms. The zero-order valence-electron chi connectivity index (χ0n) is 11.4. The van der Waals surface area contributed by atoms with Gasteiger partial charge in [-0.05, 0) is 17.7 Å².